The molecular formula is C39H54N6O8S. The van der Waals surface area contributed by atoms with Gasteiger partial charge >= 0.3 is 6.09 Å². The lowest BCUT2D eigenvalue weighted by Crippen LogP contribution is -2.58. The van der Waals surface area contributed by atoms with Crippen LogP contribution in [0.4, 0.5) is 4.79 Å². The number of amides is 5. The predicted molar refractivity (Wildman–Crippen MR) is 203 cm³/mol. The molecule has 1 aromatic heterocycles. The second-order valence-electron chi connectivity index (χ2n) is 16.2. The van der Waals surface area contributed by atoms with Gasteiger partial charge in [-0.25, -0.2) is 13.2 Å². The lowest BCUT2D eigenvalue weighted by Gasteiger charge is -2.30. The number of fused-ring (bicyclic) bond motifs is 3. The molecule has 2 aliphatic heterocycles. The van der Waals surface area contributed by atoms with Gasteiger partial charge in [-0.15, -0.1) is 0 Å². The number of carbonyl (C=O) groups is 5. The Kier molecular flexibility index (Phi) is 11.2. The van der Waals surface area contributed by atoms with Crippen LogP contribution in [0.1, 0.15) is 108 Å². The minimum atomic E-state index is -3.87. The topological polar surface area (TPSA) is 185 Å². The van der Waals surface area contributed by atoms with Crippen molar-refractivity contribution in [2.24, 2.45) is 18.4 Å². The van der Waals surface area contributed by atoms with Crippen molar-refractivity contribution in [1.82, 2.24) is 30.1 Å². The van der Waals surface area contributed by atoms with E-state index in [-0.39, 0.29) is 43.2 Å². The van der Waals surface area contributed by atoms with Gasteiger partial charge in [-0.1, -0.05) is 71.2 Å². The third kappa shape index (κ3) is 8.30. The summed E-state index contributed by atoms with van der Waals surface area (Å²) in [6.07, 6.45) is 8.23. The van der Waals surface area contributed by atoms with Crippen LogP contribution >= 0.6 is 0 Å². The number of ether oxygens (including phenoxy) is 1. The molecule has 0 radical (unpaired) electrons. The highest BCUT2D eigenvalue weighted by atomic mass is 32.2. The van der Waals surface area contributed by atoms with E-state index < -0.39 is 62.8 Å². The summed E-state index contributed by atoms with van der Waals surface area (Å²) in [5, 5.41) is 8.92. The molecule has 15 heteroatoms. The van der Waals surface area contributed by atoms with Gasteiger partial charge in [0, 0.05) is 30.5 Å². The van der Waals surface area contributed by atoms with Crippen molar-refractivity contribution < 1.29 is 37.1 Å². The first kappa shape index (κ1) is 39.3. The van der Waals surface area contributed by atoms with E-state index in [2.05, 4.69) is 26.7 Å². The Morgan fingerprint density at radius 1 is 1.09 bits per heavy atom. The average molecular weight is 767 g/mol. The highest BCUT2D eigenvalue weighted by Gasteiger charge is 2.62. The predicted octanol–water partition coefficient (Wildman–Crippen LogP) is 3.89. The molecule has 3 heterocycles. The second kappa shape index (κ2) is 15.4. The number of hydrogen-bond donors (Lipinski definition) is 4. The van der Waals surface area contributed by atoms with Crippen molar-refractivity contribution in [2.75, 3.05) is 13.2 Å². The Hall–Kier alpha value is -4.40. The van der Waals surface area contributed by atoms with Gasteiger partial charge in [0.1, 0.15) is 23.3 Å². The minimum absolute atomic E-state index is 0.0283. The van der Waals surface area contributed by atoms with Crippen LogP contribution in [-0.4, -0.2) is 89.7 Å². The maximum Gasteiger partial charge on any atom is 0.407 e. The van der Waals surface area contributed by atoms with E-state index in [0.29, 0.717) is 37.8 Å². The van der Waals surface area contributed by atoms with Gasteiger partial charge in [0.2, 0.25) is 21.8 Å². The Morgan fingerprint density at radius 3 is 2.54 bits per heavy atom. The fourth-order valence-corrected chi connectivity index (χ4v) is 9.17. The summed E-state index contributed by atoms with van der Waals surface area (Å²) in [5.74, 6) is -2.59. The van der Waals surface area contributed by atoms with Gasteiger partial charge < -0.3 is 30.2 Å². The van der Waals surface area contributed by atoms with E-state index in [1.54, 1.807) is 0 Å². The van der Waals surface area contributed by atoms with Gasteiger partial charge in [0.25, 0.3) is 11.8 Å². The smallest absolute Gasteiger partial charge is 0.407 e. The van der Waals surface area contributed by atoms with E-state index in [4.69, 9.17) is 4.74 Å². The summed E-state index contributed by atoms with van der Waals surface area (Å²) in [4.78, 5) is 70.7. The normalized spacial score (nSPS) is 28.2. The zero-order valence-electron chi connectivity index (χ0n) is 31.9. The van der Waals surface area contributed by atoms with Crippen LogP contribution in [0.25, 0.3) is 17.0 Å². The maximum atomic E-state index is 14.4. The van der Waals surface area contributed by atoms with E-state index in [9.17, 15) is 32.4 Å². The molecule has 1 saturated heterocycles. The fourth-order valence-electron chi connectivity index (χ4n) is 7.80. The number of allylic oxidation sites excluding steroid dienone is 1. The van der Waals surface area contributed by atoms with E-state index in [1.165, 1.54) is 4.90 Å². The standard InChI is InChI=1S/C39H54N6O8S/c1-6-8-14-29-35(48)45-22-26(19-32(45)34(47)42-39(21-25(39)7-2)36(49)43-54(51,52)27-16-17-27)40-33(46)31-20-28-24(13-11-15-30(28)44(31)5)12-9-10-18-38(3,4)23-53-37(50)41-29/h9,11-13,15,20,25-27,29,32H,6-8,10,14,16-19,21-23H2,1-5H3,(H,40,46)(H,41,50)(H,42,47)(H,43,49)/b12-9+/t25-,26-,29+,32+,39-/m1/s1. The number of hydrogen-bond acceptors (Lipinski definition) is 8. The molecule has 5 atom stereocenters. The number of unbranched alkanes of at least 4 members (excludes halogenated alkanes) is 1. The SMILES string of the molecule is CCCC[C@@H]1NC(=O)OCC(C)(C)CC/C=C/c2cccc3c2cc(n3C)C(=O)N[C@@H]2C[C@@H](C(=O)N[C@]3(C(=O)NS(=O)(=O)C4CC4)C[C@H]3CC)N(C2)C1=O. The molecule has 14 nitrogen and oxygen atoms in total. The molecule has 54 heavy (non-hydrogen) atoms. The number of rotatable bonds is 9. The van der Waals surface area contributed by atoms with Crippen LogP contribution in [0.15, 0.2) is 30.3 Å². The largest absolute Gasteiger partial charge is 0.449 e. The van der Waals surface area contributed by atoms with Crippen LogP contribution in [0.2, 0.25) is 0 Å². The molecular weight excluding hydrogens is 713 g/mol. The molecule has 4 N–H and O–H groups in total. The summed E-state index contributed by atoms with van der Waals surface area (Å²) in [6.45, 7) is 7.94. The van der Waals surface area contributed by atoms with Gasteiger partial charge in [-0.3, -0.25) is 23.9 Å². The van der Waals surface area contributed by atoms with Crippen molar-refractivity contribution in [1.29, 1.82) is 0 Å². The van der Waals surface area contributed by atoms with Gasteiger partial charge in [-0.2, -0.15) is 0 Å². The summed E-state index contributed by atoms with van der Waals surface area (Å²) in [7, 11) is -2.05. The summed E-state index contributed by atoms with van der Waals surface area (Å²) in [5.41, 5.74) is 0.423. The second-order valence-corrected chi connectivity index (χ2v) is 18.2. The molecule has 4 bridgehead atoms. The van der Waals surface area contributed by atoms with Crippen LogP contribution in [0.3, 0.4) is 0 Å². The van der Waals surface area contributed by atoms with Crippen molar-refractivity contribution in [3.63, 3.8) is 0 Å². The van der Waals surface area contributed by atoms with Crippen LogP contribution in [0.5, 0.6) is 0 Å². The number of aryl methyl sites for hydroxylation is 1. The quantitative estimate of drug-likeness (QED) is 0.296. The first-order valence-electron chi connectivity index (χ1n) is 19.3. The molecule has 1 aromatic carbocycles. The Balaban J connectivity index is 1.32. The van der Waals surface area contributed by atoms with Crippen LogP contribution in [-0.2, 0) is 36.2 Å². The molecule has 2 aromatic rings. The molecule has 2 saturated carbocycles. The lowest BCUT2D eigenvalue weighted by atomic mass is 9.88. The zero-order chi connectivity index (χ0) is 39.0. The van der Waals surface area contributed by atoms with E-state index in [1.807, 2.05) is 69.7 Å². The maximum absolute atomic E-state index is 14.4. The van der Waals surface area contributed by atoms with E-state index >= 15 is 0 Å². The van der Waals surface area contributed by atoms with Crippen molar-refractivity contribution >= 4 is 56.7 Å². The van der Waals surface area contributed by atoms with Crippen molar-refractivity contribution in [2.45, 2.75) is 121 Å². The van der Waals surface area contributed by atoms with E-state index in [0.717, 1.165) is 35.7 Å². The average Bonchev–Trinajstić information content (AvgIpc) is 4.04. The summed E-state index contributed by atoms with van der Waals surface area (Å²) < 4.78 is 35.1. The van der Waals surface area contributed by atoms with Gasteiger partial charge in [0.15, 0.2) is 0 Å². The number of nitrogens with zero attached hydrogens (tertiary/aromatic N) is 2. The third-order valence-corrected chi connectivity index (χ3v) is 13.3. The molecule has 3 fully saturated rings. The van der Waals surface area contributed by atoms with Crippen molar-refractivity contribution in [3.05, 3.63) is 41.6 Å². The summed E-state index contributed by atoms with van der Waals surface area (Å²) in [6, 6.07) is 4.92. The highest BCUT2D eigenvalue weighted by molar-refractivity contribution is 7.91. The first-order valence-corrected chi connectivity index (χ1v) is 20.8. The minimum Gasteiger partial charge on any atom is -0.449 e. The van der Waals surface area contributed by atoms with Crippen LogP contribution < -0.4 is 20.7 Å². The fraction of sp³-hybridized carbons (Fsp3) is 0.615. The van der Waals surface area contributed by atoms with Crippen molar-refractivity contribution in [3.8, 4) is 0 Å². The number of cyclic esters (lactones) is 1. The number of aromatic nitrogens is 1. The lowest BCUT2D eigenvalue weighted by molar-refractivity contribution is -0.141. The Bertz CT molecular complexity index is 1950. The molecule has 5 amide bonds. The summed E-state index contributed by atoms with van der Waals surface area (Å²) >= 11 is 0. The molecule has 0 unspecified atom stereocenters. The Morgan fingerprint density at radius 2 is 1.85 bits per heavy atom. The molecule has 294 valence electrons. The number of alkyl carbamates (subject to hydrolysis) is 1. The first-order chi connectivity index (χ1) is 25.6. The van der Waals surface area contributed by atoms with Gasteiger partial charge in [0.05, 0.1) is 11.9 Å². The van der Waals surface area contributed by atoms with Crippen LogP contribution in [0, 0.1) is 11.3 Å². The Labute approximate surface area is 317 Å². The molecule has 4 aliphatic rings. The molecule has 6 rings (SSSR count). The number of sulfonamides is 1. The molecule has 0 spiro atoms. The van der Waals surface area contributed by atoms with Gasteiger partial charge in [-0.05, 0) is 74.0 Å². The number of carbonyl (C=O) groups excluding carboxylic acids is 5. The zero-order valence-corrected chi connectivity index (χ0v) is 32.7. The molecule has 2 aliphatic carbocycles. The third-order valence-electron chi connectivity index (χ3n) is 11.4. The number of benzene rings is 1. The number of nitrogens with one attached hydrogen (secondary N) is 4. The highest BCUT2D eigenvalue weighted by Crippen LogP contribution is 2.47. The monoisotopic (exact) mass is 766 g/mol.